The lowest BCUT2D eigenvalue weighted by Crippen LogP contribution is -2.01. The minimum Gasteiger partial charge on any atom is -0.508 e. The number of benzene rings is 3. The fourth-order valence-corrected chi connectivity index (χ4v) is 4.04. The highest BCUT2D eigenvalue weighted by Crippen LogP contribution is 2.42. The zero-order chi connectivity index (χ0) is 20.5. The number of rotatable bonds is 3. The van der Waals surface area contributed by atoms with Crippen molar-refractivity contribution >= 4 is 17.1 Å². The second kappa shape index (κ2) is 7.47. The number of allylic oxidation sites excluding steroid dienone is 1. The van der Waals surface area contributed by atoms with Gasteiger partial charge in [0, 0.05) is 5.56 Å². The highest BCUT2D eigenvalue weighted by molar-refractivity contribution is 6.01. The predicted molar refractivity (Wildman–Crippen MR) is 113 cm³/mol. The van der Waals surface area contributed by atoms with Gasteiger partial charge in [-0.3, -0.25) is 0 Å². The van der Waals surface area contributed by atoms with Gasteiger partial charge in [-0.05, 0) is 89.9 Å². The fraction of sp³-hybridized carbons (Fsp3) is 0.160. The molecule has 3 N–H and O–H groups in total. The van der Waals surface area contributed by atoms with Crippen molar-refractivity contribution in [2.45, 2.75) is 26.2 Å². The van der Waals surface area contributed by atoms with Crippen LogP contribution >= 0.6 is 0 Å². The van der Waals surface area contributed by atoms with E-state index in [1.165, 1.54) is 0 Å². The molecular weight excluding hydrogens is 364 g/mol. The van der Waals surface area contributed by atoms with E-state index in [-0.39, 0.29) is 17.1 Å². The molecule has 4 rings (SSSR count). The molecule has 0 radical (unpaired) electrons. The molecule has 146 valence electrons. The number of aromatic hydroxyl groups is 2. The largest absolute Gasteiger partial charge is 0.508 e. The van der Waals surface area contributed by atoms with Crippen LogP contribution in [-0.2, 0) is 6.42 Å². The van der Waals surface area contributed by atoms with E-state index in [9.17, 15) is 20.1 Å². The second-order valence-electron chi connectivity index (χ2n) is 7.45. The molecule has 3 aromatic carbocycles. The first kappa shape index (κ1) is 18.8. The third-order valence-electron chi connectivity index (χ3n) is 5.43. The van der Waals surface area contributed by atoms with E-state index in [0.717, 1.165) is 58.2 Å². The van der Waals surface area contributed by atoms with Crippen LogP contribution in [0.1, 0.15) is 51.0 Å². The van der Waals surface area contributed by atoms with Crippen molar-refractivity contribution in [1.82, 2.24) is 0 Å². The van der Waals surface area contributed by atoms with E-state index in [2.05, 4.69) is 0 Å². The molecule has 0 amide bonds. The molecule has 0 aromatic heterocycles. The molecule has 0 bridgehead atoms. The minimum atomic E-state index is -0.941. The zero-order valence-corrected chi connectivity index (χ0v) is 16.1. The van der Waals surface area contributed by atoms with Crippen LogP contribution < -0.4 is 0 Å². The minimum absolute atomic E-state index is 0.184. The summed E-state index contributed by atoms with van der Waals surface area (Å²) in [5, 5.41) is 29.8. The van der Waals surface area contributed by atoms with Crippen molar-refractivity contribution in [2.24, 2.45) is 0 Å². The highest BCUT2D eigenvalue weighted by Gasteiger charge is 2.22. The van der Waals surface area contributed by atoms with Crippen LogP contribution in [0.4, 0.5) is 0 Å². The van der Waals surface area contributed by atoms with E-state index in [0.29, 0.717) is 0 Å². The van der Waals surface area contributed by atoms with Gasteiger partial charge < -0.3 is 15.3 Å². The van der Waals surface area contributed by atoms with Crippen molar-refractivity contribution in [3.05, 3.63) is 94.0 Å². The third kappa shape index (κ3) is 3.61. The molecule has 0 unspecified atom stereocenters. The van der Waals surface area contributed by atoms with Crippen LogP contribution in [-0.4, -0.2) is 21.3 Å². The number of carbonyl (C=O) groups is 1. The molecule has 1 aliphatic rings. The van der Waals surface area contributed by atoms with Crippen LogP contribution in [0.2, 0.25) is 0 Å². The number of carboxylic acid groups (broad SMARTS) is 1. The molecule has 29 heavy (non-hydrogen) atoms. The summed E-state index contributed by atoms with van der Waals surface area (Å²) >= 11 is 0. The highest BCUT2D eigenvalue weighted by atomic mass is 16.4. The molecular formula is C25H22O4. The molecule has 4 nitrogen and oxygen atoms in total. The van der Waals surface area contributed by atoms with Gasteiger partial charge in [0.05, 0.1) is 5.56 Å². The van der Waals surface area contributed by atoms with Gasteiger partial charge in [-0.1, -0.05) is 30.3 Å². The summed E-state index contributed by atoms with van der Waals surface area (Å²) in [5.74, 6) is -0.519. The first-order chi connectivity index (χ1) is 13.9. The topological polar surface area (TPSA) is 77.8 Å². The Kier molecular flexibility index (Phi) is 4.85. The van der Waals surface area contributed by atoms with Crippen LogP contribution in [0.3, 0.4) is 0 Å². The Morgan fingerprint density at radius 3 is 2.28 bits per heavy atom. The maximum atomic E-state index is 11.5. The maximum absolute atomic E-state index is 11.5. The maximum Gasteiger partial charge on any atom is 0.335 e. The molecule has 0 spiro atoms. The number of carboxylic acids is 1. The summed E-state index contributed by atoms with van der Waals surface area (Å²) in [6, 6.07) is 17.9. The molecule has 1 aliphatic carbocycles. The summed E-state index contributed by atoms with van der Waals surface area (Å²) in [7, 11) is 0. The summed E-state index contributed by atoms with van der Waals surface area (Å²) in [6.07, 6.45) is 2.36. The standard InChI is InChI=1S/C25H22O4/c1-15-5-11-21(23(27)13-15)22-4-2-3-17-14-18(25(28)29)8-12-20(17)24(22)16-6-9-19(26)10-7-16/h5-14,26-27H,2-4H2,1H3,(H,28,29). The number of aromatic carboxylic acids is 1. The van der Waals surface area contributed by atoms with Gasteiger partial charge in [-0.15, -0.1) is 0 Å². The van der Waals surface area contributed by atoms with Crippen molar-refractivity contribution in [3.63, 3.8) is 0 Å². The lowest BCUT2D eigenvalue weighted by molar-refractivity contribution is 0.0696. The lowest BCUT2D eigenvalue weighted by atomic mass is 9.87. The predicted octanol–water partition coefficient (Wildman–Crippen LogP) is 5.40. The number of phenolic OH excluding ortho intramolecular Hbond substituents is 2. The van der Waals surface area contributed by atoms with Crippen LogP contribution in [0.5, 0.6) is 11.5 Å². The molecule has 0 saturated heterocycles. The number of hydrogen-bond donors (Lipinski definition) is 3. The Hall–Kier alpha value is -3.53. The summed E-state index contributed by atoms with van der Waals surface area (Å²) < 4.78 is 0. The Bertz CT molecular complexity index is 1120. The quantitative estimate of drug-likeness (QED) is 0.563. The Morgan fingerprint density at radius 2 is 1.59 bits per heavy atom. The summed E-state index contributed by atoms with van der Waals surface area (Å²) in [4.78, 5) is 11.5. The third-order valence-corrected chi connectivity index (χ3v) is 5.43. The monoisotopic (exact) mass is 386 g/mol. The van der Waals surface area contributed by atoms with E-state index in [4.69, 9.17) is 0 Å². The smallest absolute Gasteiger partial charge is 0.335 e. The van der Waals surface area contributed by atoms with Crippen LogP contribution in [0.15, 0.2) is 60.7 Å². The van der Waals surface area contributed by atoms with Crippen molar-refractivity contribution < 1.29 is 20.1 Å². The molecule has 4 heteroatoms. The average Bonchev–Trinajstić information content (AvgIpc) is 2.87. The number of fused-ring (bicyclic) bond motifs is 1. The van der Waals surface area contributed by atoms with Gasteiger partial charge in [0.2, 0.25) is 0 Å². The van der Waals surface area contributed by atoms with Crippen LogP contribution in [0, 0.1) is 6.92 Å². The molecule has 3 aromatic rings. The SMILES string of the molecule is Cc1ccc(C2=C(c3ccc(O)cc3)c3ccc(C(=O)O)cc3CCC2)c(O)c1. The van der Waals surface area contributed by atoms with Gasteiger partial charge in [-0.2, -0.15) is 0 Å². The number of aryl methyl sites for hydroxylation is 2. The van der Waals surface area contributed by atoms with Gasteiger partial charge >= 0.3 is 5.97 Å². The Balaban J connectivity index is 2.02. The van der Waals surface area contributed by atoms with Gasteiger partial charge in [-0.25, -0.2) is 4.79 Å². The molecule has 0 fully saturated rings. The normalized spacial score (nSPS) is 13.7. The van der Waals surface area contributed by atoms with Crippen LogP contribution in [0.25, 0.3) is 11.1 Å². The first-order valence-electron chi connectivity index (χ1n) is 9.63. The Morgan fingerprint density at radius 1 is 0.862 bits per heavy atom. The first-order valence-corrected chi connectivity index (χ1v) is 9.63. The van der Waals surface area contributed by atoms with Crippen molar-refractivity contribution in [2.75, 3.05) is 0 Å². The van der Waals surface area contributed by atoms with Crippen molar-refractivity contribution in [3.8, 4) is 11.5 Å². The summed E-state index contributed by atoms with van der Waals surface area (Å²) in [5.41, 5.74) is 6.90. The molecule has 0 atom stereocenters. The molecule has 0 aliphatic heterocycles. The van der Waals surface area contributed by atoms with Crippen molar-refractivity contribution in [1.29, 1.82) is 0 Å². The van der Waals surface area contributed by atoms with Gasteiger partial charge in [0.25, 0.3) is 0 Å². The lowest BCUT2D eigenvalue weighted by Gasteiger charge is -2.18. The second-order valence-corrected chi connectivity index (χ2v) is 7.45. The molecule has 0 saturated carbocycles. The average molecular weight is 386 g/mol. The van der Waals surface area contributed by atoms with Gasteiger partial charge in [0.1, 0.15) is 11.5 Å². The van der Waals surface area contributed by atoms with E-state index in [1.54, 1.807) is 30.3 Å². The van der Waals surface area contributed by atoms with E-state index >= 15 is 0 Å². The zero-order valence-electron chi connectivity index (χ0n) is 16.1. The number of phenols is 2. The fourth-order valence-electron chi connectivity index (χ4n) is 4.04. The number of hydrogen-bond acceptors (Lipinski definition) is 3. The van der Waals surface area contributed by atoms with E-state index in [1.807, 2.05) is 37.3 Å². The Labute approximate surface area is 169 Å². The summed E-state index contributed by atoms with van der Waals surface area (Å²) in [6.45, 7) is 1.94. The molecule has 0 heterocycles. The van der Waals surface area contributed by atoms with E-state index < -0.39 is 5.97 Å². The van der Waals surface area contributed by atoms with Gasteiger partial charge in [0.15, 0.2) is 0 Å².